The molecule has 1 aliphatic heterocycles. The van der Waals surface area contributed by atoms with Gasteiger partial charge in [0.15, 0.2) is 5.78 Å². The minimum atomic E-state index is -0.547. The summed E-state index contributed by atoms with van der Waals surface area (Å²) in [5.74, 6) is 0.0134. The Kier molecular flexibility index (Phi) is 8.21. The van der Waals surface area contributed by atoms with E-state index in [9.17, 15) is 9.59 Å². The van der Waals surface area contributed by atoms with Crippen molar-refractivity contribution in [3.05, 3.63) is 71.8 Å². The van der Waals surface area contributed by atoms with E-state index >= 15 is 0 Å². The molecule has 0 bridgehead atoms. The van der Waals surface area contributed by atoms with Gasteiger partial charge in [-0.1, -0.05) is 67.6 Å². The molecule has 1 saturated heterocycles. The Morgan fingerprint density at radius 1 is 0.964 bits per heavy atom. The fourth-order valence-corrected chi connectivity index (χ4v) is 3.65. The number of carbonyl (C=O) groups is 2. The maximum absolute atomic E-state index is 12.3. The van der Waals surface area contributed by atoms with E-state index in [1.807, 2.05) is 67.6 Å². The van der Waals surface area contributed by atoms with Gasteiger partial charge in [-0.3, -0.25) is 9.59 Å². The van der Waals surface area contributed by atoms with E-state index in [1.165, 1.54) is 0 Å². The van der Waals surface area contributed by atoms with Crippen molar-refractivity contribution in [3.63, 3.8) is 0 Å². The number of halogens is 1. The minimum Gasteiger partial charge on any atom is -0.454 e. The topological polar surface area (TPSA) is 46.6 Å². The zero-order chi connectivity index (χ0) is 19.1. The standard InChI is InChI=1S/C23H27NO3.ClH/c1-2-22(26)27-23(20-11-7-4-8-12-20)14-17-24(18-15-23)16-13-21(25)19-9-5-3-6-10-19;/h3-12H,2,13-18H2,1H3;1H. The Hall–Kier alpha value is -2.17. The molecule has 1 heterocycles. The second kappa shape index (κ2) is 10.4. The van der Waals surface area contributed by atoms with Crippen LogP contribution in [0, 0.1) is 0 Å². The Labute approximate surface area is 173 Å². The zero-order valence-electron chi connectivity index (χ0n) is 16.3. The van der Waals surface area contributed by atoms with Crippen LogP contribution < -0.4 is 0 Å². The largest absolute Gasteiger partial charge is 0.454 e. The van der Waals surface area contributed by atoms with E-state index in [1.54, 1.807) is 0 Å². The summed E-state index contributed by atoms with van der Waals surface area (Å²) >= 11 is 0. The van der Waals surface area contributed by atoms with E-state index in [0.717, 1.165) is 43.6 Å². The molecule has 1 aliphatic rings. The maximum Gasteiger partial charge on any atom is 0.306 e. The molecule has 0 N–H and O–H groups in total. The van der Waals surface area contributed by atoms with Crippen LogP contribution in [0.3, 0.4) is 0 Å². The number of ether oxygens (including phenoxy) is 1. The van der Waals surface area contributed by atoms with Crippen molar-refractivity contribution in [2.75, 3.05) is 19.6 Å². The molecule has 0 amide bonds. The van der Waals surface area contributed by atoms with Crippen molar-refractivity contribution in [2.45, 2.75) is 38.2 Å². The zero-order valence-corrected chi connectivity index (χ0v) is 17.1. The van der Waals surface area contributed by atoms with Crippen molar-refractivity contribution in [2.24, 2.45) is 0 Å². The number of rotatable bonds is 7. The molecule has 1 fully saturated rings. The molecule has 0 aromatic heterocycles. The summed E-state index contributed by atoms with van der Waals surface area (Å²) in [5, 5.41) is 0. The fourth-order valence-electron chi connectivity index (χ4n) is 3.65. The molecule has 0 unspecified atom stereocenters. The van der Waals surface area contributed by atoms with Gasteiger partial charge in [-0.15, -0.1) is 12.4 Å². The van der Waals surface area contributed by atoms with Gasteiger partial charge in [0.1, 0.15) is 5.60 Å². The van der Waals surface area contributed by atoms with Gasteiger partial charge in [-0.2, -0.15) is 0 Å². The van der Waals surface area contributed by atoms with Crippen LogP contribution in [0.2, 0.25) is 0 Å². The van der Waals surface area contributed by atoms with Crippen LogP contribution in [0.5, 0.6) is 0 Å². The lowest BCUT2D eigenvalue weighted by Crippen LogP contribution is -2.45. The molecule has 0 aliphatic carbocycles. The van der Waals surface area contributed by atoms with Crippen molar-refractivity contribution in [3.8, 4) is 0 Å². The van der Waals surface area contributed by atoms with Crippen molar-refractivity contribution >= 4 is 24.2 Å². The number of ketones is 1. The molecule has 0 saturated carbocycles. The summed E-state index contributed by atoms with van der Waals surface area (Å²) in [4.78, 5) is 26.6. The first kappa shape index (κ1) is 22.1. The number of esters is 1. The van der Waals surface area contributed by atoms with Crippen LogP contribution in [-0.4, -0.2) is 36.3 Å². The predicted molar refractivity (Wildman–Crippen MR) is 113 cm³/mol. The molecule has 5 heteroatoms. The number of benzene rings is 2. The van der Waals surface area contributed by atoms with E-state index < -0.39 is 5.60 Å². The number of likely N-dealkylation sites (tertiary alicyclic amines) is 1. The van der Waals surface area contributed by atoms with Gasteiger partial charge in [0.05, 0.1) is 0 Å². The highest BCUT2D eigenvalue weighted by Gasteiger charge is 2.39. The van der Waals surface area contributed by atoms with Crippen molar-refractivity contribution in [1.29, 1.82) is 0 Å². The molecule has 4 nitrogen and oxygen atoms in total. The summed E-state index contributed by atoms with van der Waals surface area (Å²) in [6.45, 7) is 4.19. The van der Waals surface area contributed by atoms with Gasteiger partial charge < -0.3 is 9.64 Å². The molecule has 2 aromatic rings. The normalized spacial score (nSPS) is 16.0. The first-order valence-electron chi connectivity index (χ1n) is 9.71. The molecule has 0 atom stereocenters. The Bertz CT molecular complexity index is 756. The van der Waals surface area contributed by atoms with E-state index in [2.05, 4.69) is 4.90 Å². The second-order valence-electron chi connectivity index (χ2n) is 7.07. The lowest BCUT2D eigenvalue weighted by molar-refractivity contribution is -0.166. The van der Waals surface area contributed by atoms with Gasteiger partial charge in [0.2, 0.25) is 0 Å². The fraction of sp³-hybridized carbons (Fsp3) is 0.391. The molecule has 0 spiro atoms. The summed E-state index contributed by atoms with van der Waals surface area (Å²) in [6.07, 6.45) is 2.39. The average Bonchev–Trinajstić information content (AvgIpc) is 2.74. The van der Waals surface area contributed by atoms with Gasteiger partial charge in [-0.25, -0.2) is 0 Å². The highest BCUT2D eigenvalue weighted by Crippen LogP contribution is 2.37. The van der Waals surface area contributed by atoms with Gasteiger partial charge >= 0.3 is 5.97 Å². The highest BCUT2D eigenvalue weighted by atomic mass is 35.5. The SMILES string of the molecule is CCC(=O)OC1(c2ccccc2)CCN(CCC(=O)c2ccccc2)CC1.Cl. The molecule has 150 valence electrons. The minimum absolute atomic E-state index is 0. The summed E-state index contributed by atoms with van der Waals surface area (Å²) in [6, 6.07) is 19.5. The second-order valence-corrected chi connectivity index (χ2v) is 7.07. The number of Topliss-reactive ketones (excluding diaryl/α,β-unsaturated/α-hetero) is 1. The van der Waals surface area contributed by atoms with Crippen LogP contribution in [0.25, 0.3) is 0 Å². The lowest BCUT2D eigenvalue weighted by atomic mass is 9.84. The Morgan fingerprint density at radius 3 is 2.11 bits per heavy atom. The van der Waals surface area contributed by atoms with E-state index in [-0.39, 0.29) is 24.2 Å². The number of hydrogen-bond donors (Lipinski definition) is 0. The monoisotopic (exact) mass is 401 g/mol. The highest BCUT2D eigenvalue weighted by molar-refractivity contribution is 5.96. The maximum atomic E-state index is 12.3. The molecular formula is C23H28ClNO3. The number of hydrogen-bond acceptors (Lipinski definition) is 4. The van der Waals surface area contributed by atoms with Crippen LogP contribution in [0.4, 0.5) is 0 Å². The molecule has 0 radical (unpaired) electrons. The third kappa shape index (κ3) is 5.43. The van der Waals surface area contributed by atoms with Crippen molar-refractivity contribution in [1.82, 2.24) is 4.90 Å². The van der Waals surface area contributed by atoms with Crippen LogP contribution in [0.1, 0.15) is 48.5 Å². The summed E-state index contributed by atoms with van der Waals surface area (Å²) in [5.41, 5.74) is 1.28. The number of carbonyl (C=O) groups excluding carboxylic acids is 2. The first-order chi connectivity index (χ1) is 13.1. The van der Waals surface area contributed by atoms with Gasteiger partial charge in [0.25, 0.3) is 0 Å². The smallest absolute Gasteiger partial charge is 0.306 e. The molecule has 2 aromatic carbocycles. The van der Waals surface area contributed by atoms with Crippen LogP contribution in [0.15, 0.2) is 60.7 Å². The van der Waals surface area contributed by atoms with E-state index in [0.29, 0.717) is 12.8 Å². The van der Waals surface area contributed by atoms with Crippen LogP contribution >= 0.6 is 12.4 Å². The predicted octanol–water partition coefficient (Wildman–Crippen LogP) is 4.63. The Morgan fingerprint density at radius 2 is 1.54 bits per heavy atom. The lowest BCUT2D eigenvalue weighted by Gasteiger charge is -2.41. The number of nitrogens with zero attached hydrogens (tertiary/aromatic N) is 1. The third-order valence-electron chi connectivity index (χ3n) is 5.31. The quantitative estimate of drug-likeness (QED) is 0.501. The average molecular weight is 402 g/mol. The summed E-state index contributed by atoms with van der Waals surface area (Å²) in [7, 11) is 0. The van der Waals surface area contributed by atoms with Gasteiger partial charge in [-0.05, 0) is 5.56 Å². The summed E-state index contributed by atoms with van der Waals surface area (Å²) < 4.78 is 5.92. The molecule has 28 heavy (non-hydrogen) atoms. The first-order valence-corrected chi connectivity index (χ1v) is 9.71. The molecule has 3 rings (SSSR count). The van der Waals surface area contributed by atoms with Crippen LogP contribution in [-0.2, 0) is 15.1 Å². The number of piperidine rings is 1. The van der Waals surface area contributed by atoms with Crippen molar-refractivity contribution < 1.29 is 14.3 Å². The van der Waals surface area contributed by atoms with E-state index in [4.69, 9.17) is 4.74 Å². The third-order valence-corrected chi connectivity index (χ3v) is 5.31. The van der Waals surface area contributed by atoms with Gasteiger partial charge in [0, 0.05) is 50.9 Å². The molecular weight excluding hydrogens is 374 g/mol. The Balaban J connectivity index is 0.00000280.